The molecule has 1 aromatic carbocycles. The van der Waals surface area contributed by atoms with Gasteiger partial charge >= 0.3 is 6.03 Å². The van der Waals surface area contributed by atoms with E-state index in [1.165, 1.54) is 19.3 Å². The number of carbonyl (C=O) groups excluding carboxylic acids is 2. The highest BCUT2D eigenvalue weighted by Crippen LogP contribution is 2.29. The van der Waals surface area contributed by atoms with Crippen molar-refractivity contribution in [3.8, 4) is 0 Å². The van der Waals surface area contributed by atoms with Gasteiger partial charge in [-0.15, -0.1) is 0 Å². The number of rotatable bonds is 6. The third kappa shape index (κ3) is 6.14. The maximum atomic E-state index is 13.0. The average Bonchev–Trinajstić information content (AvgIpc) is 2.79. The van der Waals surface area contributed by atoms with E-state index >= 15 is 0 Å². The summed E-state index contributed by atoms with van der Waals surface area (Å²) in [4.78, 5) is 36.2. The number of pyridine rings is 1. The fraction of sp³-hybridized carbons (Fsp3) is 0.519. The predicted molar refractivity (Wildman–Crippen MR) is 140 cm³/mol. The third-order valence-electron chi connectivity index (χ3n) is 7.34. The molecule has 0 radical (unpaired) electrons. The first-order chi connectivity index (χ1) is 16.7. The van der Waals surface area contributed by atoms with Crippen LogP contribution in [0.4, 0.5) is 10.5 Å². The molecule has 1 saturated carbocycles. The lowest BCUT2D eigenvalue weighted by Gasteiger charge is -2.42. The summed E-state index contributed by atoms with van der Waals surface area (Å²) in [5.74, 6) is 0.462. The van der Waals surface area contributed by atoms with E-state index in [9.17, 15) is 9.59 Å². The topological polar surface area (TPSA) is 68.8 Å². The van der Waals surface area contributed by atoms with Gasteiger partial charge in [-0.1, -0.05) is 18.0 Å². The Hall–Kier alpha value is -2.64. The molecule has 2 heterocycles. The molecule has 8 heteroatoms. The van der Waals surface area contributed by atoms with E-state index in [2.05, 4.69) is 22.1 Å². The second-order valence-electron chi connectivity index (χ2n) is 10.1. The van der Waals surface area contributed by atoms with Gasteiger partial charge in [-0.05, 0) is 74.9 Å². The number of aromatic nitrogens is 1. The molecule has 4 rings (SSSR count). The van der Waals surface area contributed by atoms with E-state index in [0.717, 1.165) is 36.5 Å². The number of benzene rings is 1. The Morgan fingerprint density at radius 3 is 2.60 bits per heavy atom. The van der Waals surface area contributed by atoms with Gasteiger partial charge in [0.15, 0.2) is 0 Å². The van der Waals surface area contributed by atoms with Gasteiger partial charge in [-0.3, -0.25) is 14.7 Å². The molecule has 1 unspecified atom stereocenters. The number of amides is 3. The van der Waals surface area contributed by atoms with Gasteiger partial charge in [0.25, 0.3) is 5.91 Å². The van der Waals surface area contributed by atoms with Crippen molar-refractivity contribution in [2.75, 3.05) is 38.5 Å². The average molecular weight is 498 g/mol. The summed E-state index contributed by atoms with van der Waals surface area (Å²) in [6.45, 7) is 9.90. The number of nitrogens with one attached hydrogen (secondary N) is 1. The number of hydrogen-bond donors (Lipinski definition) is 1. The Labute approximate surface area is 213 Å². The highest BCUT2D eigenvalue weighted by atomic mass is 35.5. The van der Waals surface area contributed by atoms with Gasteiger partial charge < -0.3 is 15.1 Å². The van der Waals surface area contributed by atoms with Crippen LogP contribution in [0.3, 0.4) is 0 Å². The summed E-state index contributed by atoms with van der Waals surface area (Å²) < 4.78 is 0. The van der Waals surface area contributed by atoms with Crippen molar-refractivity contribution in [3.05, 3.63) is 57.9 Å². The zero-order valence-electron chi connectivity index (χ0n) is 21.2. The van der Waals surface area contributed by atoms with E-state index < -0.39 is 0 Å². The predicted octanol–water partition coefficient (Wildman–Crippen LogP) is 4.96. The Morgan fingerprint density at radius 2 is 1.97 bits per heavy atom. The van der Waals surface area contributed by atoms with Crippen molar-refractivity contribution >= 4 is 29.2 Å². The Kier molecular flexibility index (Phi) is 7.97. The molecule has 3 amide bonds. The number of aryl methyl sites for hydroxylation is 1. The van der Waals surface area contributed by atoms with Gasteiger partial charge in [-0.2, -0.15) is 0 Å². The summed E-state index contributed by atoms with van der Waals surface area (Å²) in [6, 6.07) is 7.61. The molecule has 1 aliphatic heterocycles. The smallest absolute Gasteiger partial charge is 0.320 e. The van der Waals surface area contributed by atoms with Crippen LogP contribution >= 0.6 is 11.6 Å². The van der Waals surface area contributed by atoms with Crippen LogP contribution in [-0.4, -0.2) is 70.9 Å². The monoisotopic (exact) mass is 497 g/mol. The minimum atomic E-state index is -0.208. The molecular weight excluding hydrogens is 462 g/mol. The fourth-order valence-corrected chi connectivity index (χ4v) is 5.13. The minimum absolute atomic E-state index is 0.132. The van der Waals surface area contributed by atoms with Gasteiger partial charge in [0.2, 0.25) is 0 Å². The molecule has 1 atom stereocenters. The standard InChI is InChI=1S/C27H36ClN5O2/c1-18-8-9-22(14-29-18)26(34)30-25-13-24(28)12-23(20(25)3)17-32-10-11-33(19(2)15-32)27(35)31(4)16-21-6-5-7-21/h8-9,12-14,19,21H,5-7,10-11,15-17H2,1-4H3,(H,30,34). The third-order valence-corrected chi connectivity index (χ3v) is 7.55. The second-order valence-corrected chi connectivity index (χ2v) is 10.6. The SMILES string of the molecule is Cc1ccc(C(=O)Nc2cc(Cl)cc(CN3CCN(C(=O)N(C)CC4CCC4)C(C)C3)c2C)cn1. The van der Waals surface area contributed by atoms with Crippen LogP contribution in [0, 0.1) is 19.8 Å². The van der Waals surface area contributed by atoms with Gasteiger partial charge in [0.05, 0.1) is 5.56 Å². The molecule has 2 aliphatic rings. The first-order valence-corrected chi connectivity index (χ1v) is 12.9. The largest absolute Gasteiger partial charge is 0.327 e. The maximum Gasteiger partial charge on any atom is 0.320 e. The van der Waals surface area contributed by atoms with E-state index in [0.29, 0.717) is 35.3 Å². The number of carbonyl (C=O) groups is 2. The Morgan fingerprint density at radius 1 is 1.20 bits per heavy atom. The van der Waals surface area contributed by atoms with Crippen molar-refractivity contribution < 1.29 is 9.59 Å². The van der Waals surface area contributed by atoms with Crippen molar-refractivity contribution in [1.82, 2.24) is 19.7 Å². The number of piperazine rings is 1. The lowest BCUT2D eigenvalue weighted by Crippen LogP contribution is -2.57. The first kappa shape index (κ1) is 25.5. The lowest BCUT2D eigenvalue weighted by molar-refractivity contribution is 0.0763. The number of anilines is 1. The van der Waals surface area contributed by atoms with E-state index in [1.54, 1.807) is 18.3 Å². The lowest BCUT2D eigenvalue weighted by atomic mass is 9.85. The number of halogens is 1. The summed E-state index contributed by atoms with van der Waals surface area (Å²) >= 11 is 6.44. The fourth-order valence-electron chi connectivity index (χ4n) is 4.89. The van der Waals surface area contributed by atoms with Crippen LogP contribution in [0.2, 0.25) is 5.02 Å². The van der Waals surface area contributed by atoms with Crippen LogP contribution in [0.15, 0.2) is 30.5 Å². The first-order valence-electron chi connectivity index (χ1n) is 12.5. The number of nitrogens with zero attached hydrogens (tertiary/aromatic N) is 4. The van der Waals surface area contributed by atoms with Crippen molar-refractivity contribution in [3.63, 3.8) is 0 Å². The molecular formula is C27H36ClN5O2. The van der Waals surface area contributed by atoms with Gasteiger partial charge in [0.1, 0.15) is 0 Å². The minimum Gasteiger partial charge on any atom is -0.327 e. The molecule has 1 saturated heterocycles. The summed E-state index contributed by atoms with van der Waals surface area (Å²) in [5, 5.41) is 3.58. The van der Waals surface area contributed by atoms with Crippen molar-refractivity contribution in [2.24, 2.45) is 5.92 Å². The quantitative estimate of drug-likeness (QED) is 0.612. The van der Waals surface area contributed by atoms with E-state index in [1.807, 2.05) is 42.8 Å². The molecule has 188 valence electrons. The van der Waals surface area contributed by atoms with Crippen molar-refractivity contribution in [2.45, 2.75) is 52.6 Å². The zero-order chi connectivity index (χ0) is 25.1. The molecule has 1 aromatic heterocycles. The van der Waals surface area contributed by atoms with Crippen LogP contribution in [0.5, 0.6) is 0 Å². The van der Waals surface area contributed by atoms with Crippen molar-refractivity contribution in [1.29, 1.82) is 0 Å². The van der Waals surface area contributed by atoms with E-state index in [-0.39, 0.29) is 18.0 Å². The highest BCUT2D eigenvalue weighted by molar-refractivity contribution is 6.31. The number of hydrogen-bond acceptors (Lipinski definition) is 4. The molecule has 1 N–H and O–H groups in total. The molecule has 35 heavy (non-hydrogen) atoms. The normalized spacial score (nSPS) is 18.8. The maximum absolute atomic E-state index is 13.0. The Balaban J connectivity index is 1.38. The summed E-state index contributed by atoms with van der Waals surface area (Å²) in [5.41, 5.74) is 4.15. The van der Waals surface area contributed by atoms with Crippen LogP contribution in [0.1, 0.15) is 53.4 Å². The molecule has 0 spiro atoms. The Bertz CT molecular complexity index is 1070. The van der Waals surface area contributed by atoms with Gasteiger partial charge in [0, 0.05) is 68.4 Å². The molecule has 2 aromatic rings. The summed E-state index contributed by atoms with van der Waals surface area (Å²) in [6.07, 6.45) is 5.35. The van der Waals surface area contributed by atoms with E-state index in [4.69, 9.17) is 11.6 Å². The van der Waals surface area contributed by atoms with Crippen LogP contribution in [0.25, 0.3) is 0 Å². The molecule has 1 aliphatic carbocycles. The molecule has 0 bridgehead atoms. The molecule has 2 fully saturated rings. The summed E-state index contributed by atoms with van der Waals surface area (Å²) in [7, 11) is 1.93. The second kappa shape index (κ2) is 11.0. The highest BCUT2D eigenvalue weighted by Gasteiger charge is 2.31. The van der Waals surface area contributed by atoms with Gasteiger partial charge in [-0.25, -0.2) is 4.79 Å². The number of urea groups is 1. The molecule has 7 nitrogen and oxygen atoms in total. The zero-order valence-corrected chi connectivity index (χ0v) is 21.9. The van der Waals surface area contributed by atoms with Crippen LogP contribution < -0.4 is 5.32 Å². The van der Waals surface area contributed by atoms with Crippen LogP contribution in [-0.2, 0) is 6.54 Å².